The molecule has 0 aliphatic carbocycles. The number of hydrogen-bond donors (Lipinski definition) is 2. The lowest BCUT2D eigenvalue weighted by atomic mass is 9.93. The minimum absolute atomic E-state index is 0.0459. The highest BCUT2D eigenvalue weighted by molar-refractivity contribution is 5.86. The third kappa shape index (κ3) is 2.69. The van der Waals surface area contributed by atoms with E-state index in [1.54, 1.807) is 6.92 Å². The Hall–Kier alpha value is -1.08. The van der Waals surface area contributed by atoms with Crippen molar-refractivity contribution in [2.24, 2.45) is 5.92 Å². The summed E-state index contributed by atoms with van der Waals surface area (Å²) in [5, 5.41) is 14.7. The molecule has 4 nitrogen and oxygen atoms in total. The van der Waals surface area contributed by atoms with Gasteiger partial charge in [-0.2, -0.15) is 5.26 Å². The third-order valence-corrected chi connectivity index (χ3v) is 3.07. The van der Waals surface area contributed by atoms with E-state index in [4.69, 9.17) is 5.26 Å². The van der Waals surface area contributed by atoms with Gasteiger partial charge >= 0.3 is 0 Å². The SMILES string of the molecule is CCC1(C(=O)NCC(C)C#N)CCCN1. The Morgan fingerprint density at radius 3 is 2.93 bits per heavy atom. The lowest BCUT2D eigenvalue weighted by Gasteiger charge is -2.26. The van der Waals surface area contributed by atoms with Crippen LogP contribution < -0.4 is 10.6 Å². The first-order chi connectivity index (χ1) is 7.14. The van der Waals surface area contributed by atoms with E-state index in [2.05, 4.69) is 16.7 Å². The summed E-state index contributed by atoms with van der Waals surface area (Å²) in [4.78, 5) is 11.9. The number of carbonyl (C=O) groups is 1. The van der Waals surface area contributed by atoms with Gasteiger partial charge in [-0.15, -0.1) is 0 Å². The van der Waals surface area contributed by atoms with Gasteiger partial charge < -0.3 is 10.6 Å². The van der Waals surface area contributed by atoms with E-state index in [9.17, 15) is 4.79 Å². The normalized spacial score (nSPS) is 27.0. The molecule has 0 aromatic carbocycles. The highest BCUT2D eigenvalue weighted by Gasteiger charge is 2.38. The quantitative estimate of drug-likeness (QED) is 0.719. The van der Waals surface area contributed by atoms with Gasteiger partial charge in [0.05, 0.1) is 17.5 Å². The zero-order valence-electron chi connectivity index (χ0n) is 9.47. The highest BCUT2D eigenvalue weighted by Crippen LogP contribution is 2.22. The van der Waals surface area contributed by atoms with Gasteiger partial charge in [0, 0.05) is 6.54 Å². The molecule has 15 heavy (non-hydrogen) atoms. The molecule has 1 aliphatic rings. The number of nitrogens with one attached hydrogen (secondary N) is 2. The topological polar surface area (TPSA) is 64.9 Å². The summed E-state index contributed by atoms with van der Waals surface area (Å²) in [7, 11) is 0. The fourth-order valence-electron chi connectivity index (χ4n) is 1.92. The van der Waals surface area contributed by atoms with Crippen molar-refractivity contribution < 1.29 is 4.79 Å². The summed E-state index contributed by atoms with van der Waals surface area (Å²) in [6.07, 6.45) is 2.76. The second-order valence-corrected chi connectivity index (χ2v) is 4.21. The number of hydrogen-bond acceptors (Lipinski definition) is 3. The molecule has 1 fully saturated rings. The smallest absolute Gasteiger partial charge is 0.240 e. The lowest BCUT2D eigenvalue weighted by molar-refractivity contribution is -0.127. The van der Waals surface area contributed by atoms with Gasteiger partial charge in [0.1, 0.15) is 0 Å². The molecule has 1 heterocycles. The van der Waals surface area contributed by atoms with Gasteiger partial charge in [-0.1, -0.05) is 6.92 Å². The van der Waals surface area contributed by atoms with Gasteiger partial charge in [-0.25, -0.2) is 0 Å². The monoisotopic (exact) mass is 209 g/mol. The van der Waals surface area contributed by atoms with E-state index in [0.29, 0.717) is 6.54 Å². The van der Waals surface area contributed by atoms with Crippen molar-refractivity contribution in [1.82, 2.24) is 10.6 Å². The number of nitrogens with zero attached hydrogens (tertiary/aromatic N) is 1. The van der Waals surface area contributed by atoms with Crippen molar-refractivity contribution in [2.75, 3.05) is 13.1 Å². The van der Waals surface area contributed by atoms with Crippen LogP contribution >= 0.6 is 0 Å². The molecular formula is C11H19N3O. The molecule has 0 saturated carbocycles. The molecule has 2 atom stereocenters. The van der Waals surface area contributed by atoms with E-state index in [1.807, 2.05) is 6.92 Å². The van der Waals surface area contributed by atoms with Crippen molar-refractivity contribution in [1.29, 1.82) is 5.26 Å². The predicted octanol–water partition coefficient (Wildman–Crippen LogP) is 0.794. The molecule has 0 aromatic rings. The first-order valence-corrected chi connectivity index (χ1v) is 5.57. The van der Waals surface area contributed by atoms with Gasteiger partial charge in [0.15, 0.2) is 0 Å². The van der Waals surface area contributed by atoms with Crippen molar-refractivity contribution in [3.05, 3.63) is 0 Å². The second-order valence-electron chi connectivity index (χ2n) is 4.21. The maximum absolute atomic E-state index is 11.9. The summed E-state index contributed by atoms with van der Waals surface area (Å²) in [5.74, 6) is -0.0751. The molecule has 1 rings (SSSR count). The van der Waals surface area contributed by atoms with E-state index in [0.717, 1.165) is 25.8 Å². The molecule has 2 N–H and O–H groups in total. The van der Waals surface area contributed by atoms with Gasteiger partial charge in [0.2, 0.25) is 5.91 Å². The molecule has 1 aliphatic heterocycles. The molecule has 1 saturated heterocycles. The molecule has 0 spiro atoms. The van der Waals surface area contributed by atoms with Crippen LogP contribution in [0.25, 0.3) is 0 Å². The maximum atomic E-state index is 11.9. The number of nitriles is 1. The Balaban J connectivity index is 2.48. The Bertz CT molecular complexity index is 263. The van der Waals surface area contributed by atoms with Crippen LogP contribution in [0.4, 0.5) is 0 Å². The second kappa shape index (κ2) is 5.13. The zero-order chi connectivity index (χ0) is 11.3. The first-order valence-electron chi connectivity index (χ1n) is 5.57. The van der Waals surface area contributed by atoms with Crippen LogP contribution in [-0.2, 0) is 4.79 Å². The van der Waals surface area contributed by atoms with E-state index >= 15 is 0 Å². The van der Waals surface area contributed by atoms with E-state index < -0.39 is 0 Å². The van der Waals surface area contributed by atoms with Crippen LogP contribution in [0, 0.1) is 17.2 Å². The predicted molar refractivity (Wildman–Crippen MR) is 58.0 cm³/mol. The standard InChI is InChI=1S/C11H19N3O/c1-3-11(5-4-6-14-11)10(15)13-8-9(2)7-12/h9,14H,3-6,8H2,1-2H3,(H,13,15). The lowest BCUT2D eigenvalue weighted by Crippen LogP contribution is -2.53. The van der Waals surface area contributed by atoms with E-state index in [1.165, 1.54) is 0 Å². The van der Waals surface area contributed by atoms with Crippen molar-refractivity contribution in [2.45, 2.75) is 38.6 Å². The van der Waals surface area contributed by atoms with Gasteiger partial charge in [-0.05, 0) is 32.7 Å². The first kappa shape index (κ1) is 12.0. The fourth-order valence-corrected chi connectivity index (χ4v) is 1.92. The van der Waals surface area contributed by atoms with Gasteiger partial charge in [0.25, 0.3) is 0 Å². The minimum atomic E-state index is -0.380. The summed E-state index contributed by atoms with van der Waals surface area (Å²) < 4.78 is 0. The molecule has 1 amide bonds. The average molecular weight is 209 g/mol. The third-order valence-electron chi connectivity index (χ3n) is 3.07. The summed E-state index contributed by atoms with van der Waals surface area (Å²) in [6, 6.07) is 2.11. The van der Waals surface area contributed by atoms with Crippen molar-refractivity contribution >= 4 is 5.91 Å². The maximum Gasteiger partial charge on any atom is 0.240 e. The fraction of sp³-hybridized carbons (Fsp3) is 0.818. The molecule has 2 unspecified atom stereocenters. The summed E-state index contributed by atoms with van der Waals surface area (Å²) >= 11 is 0. The van der Waals surface area contributed by atoms with Crippen LogP contribution in [0.2, 0.25) is 0 Å². The average Bonchev–Trinajstić information content (AvgIpc) is 2.75. The zero-order valence-corrected chi connectivity index (χ0v) is 9.47. The Labute approximate surface area is 91.0 Å². The van der Waals surface area contributed by atoms with Crippen LogP contribution in [-0.4, -0.2) is 24.5 Å². The number of rotatable bonds is 4. The Kier molecular flexibility index (Phi) is 4.10. The Morgan fingerprint density at radius 1 is 1.73 bits per heavy atom. The molecule has 0 radical (unpaired) electrons. The summed E-state index contributed by atoms with van der Waals surface area (Å²) in [6.45, 7) is 5.18. The van der Waals surface area contributed by atoms with Crippen molar-refractivity contribution in [3.63, 3.8) is 0 Å². The van der Waals surface area contributed by atoms with Gasteiger partial charge in [-0.3, -0.25) is 4.79 Å². The van der Waals surface area contributed by atoms with Crippen molar-refractivity contribution in [3.8, 4) is 6.07 Å². The largest absolute Gasteiger partial charge is 0.353 e. The molecule has 0 aromatic heterocycles. The molecule has 4 heteroatoms. The highest BCUT2D eigenvalue weighted by atomic mass is 16.2. The number of carbonyl (C=O) groups excluding carboxylic acids is 1. The molecular weight excluding hydrogens is 190 g/mol. The Morgan fingerprint density at radius 2 is 2.47 bits per heavy atom. The molecule has 0 bridgehead atoms. The summed E-state index contributed by atoms with van der Waals surface area (Å²) in [5.41, 5.74) is -0.380. The van der Waals surface area contributed by atoms with Crippen LogP contribution in [0.1, 0.15) is 33.1 Å². The minimum Gasteiger partial charge on any atom is -0.353 e. The number of amides is 1. The molecule has 84 valence electrons. The van der Waals surface area contributed by atoms with Crippen LogP contribution in [0.3, 0.4) is 0 Å². The van der Waals surface area contributed by atoms with Crippen LogP contribution in [0.5, 0.6) is 0 Å². The van der Waals surface area contributed by atoms with E-state index in [-0.39, 0.29) is 17.4 Å². The van der Waals surface area contributed by atoms with Crippen LogP contribution in [0.15, 0.2) is 0 Å².